The molecule has 1 amide bonds. The molecule has 3 aromatic rings. The van der Waals surface area contributed by atoms with E-state index in [0.717, 1.165) is 16.5 Å². The molecule has 1 atom stereocenters. The van der Waals surface area contributed by atoms with Crippen LogP contribution in [0.5, 0.6) is 0 Å². The number of aromatic nitrogens is 4. The molecule has 0 saturated carbocycles. The quantitative estimate of drug-likeness (QED) is 0.772. The molecule has 0 aliphatic heterocycles. The number of hydrogen-bond donors (Lipinski definition) is 1. The van der Waals surface area contributed by atoms with Gasteiger partial charge >= 0.3 is 0 Å². The lowest BCUT2D eigenvalue weighted by molar-refractivity contribution is -0.124. The second-order valence-electron chi connectivity index (χ2n) is 6.37. The van der Waals surface area contributed by atoms with Gasteiger partial charge < -0.3 is 9.88 Å². The van der Waals surface area contributed by atoms with E-state index in [-0.39, 0.29) is 17.9 Å². The maximum absolute atomic E-state index is 12.5. The van der Waals surface area contributed by atoms with Gasteiger partial charge in [-0.25, -0.2) is 9.97 Å². The van der Waals surface area contributed by atoms with Crippen molar-refractivity contribution >= 4 is 22.2 Å². The van der Waals surface area contributed by atoms with Gasteiger partial charge in [-0.2, -0.15) is 0 Å². The average molecular weight is 345 g/mol. The summed E-state index contributed by atoms with van der Waals surface area (Å²) in [6, 6.07) is -0.294. The van der Waals surface area contributed by atoms with Crippen LogP contribution in [-0.4, -0.2) is 24.8 Å². The van der Waals surface area contributed by atoms with Crippen LogP contribution in [0.4, 0.5) is 0 Å². The van der Waals surface area contributed by atoms with Crippen LogP contribution >= 0.6 is 11.3 Å². The zero-order chi connectivity index (χ0) is 17.4. The van der Waals surface area contributed by atoms with Crippen molar-refractivity contribution in [2.75, 3.05) is 0 Å². The summed E-state index contributed by atoms with van der Waals surface area (Å²) in [6.45, 7) is 10.6. The Bertz CT molecular complexity index is 873. The number of hydrogen-bond acceptors (Lipinski definition) is 4. The SMILES string of the molecule is Cc1sc2nc(CNC(=O)[C@@H](C)n3ccnc3C(C)C)cn2c1C. The van der Waals surface area contributed by atoms with Gasteiger partial charge in [-0.05, 0) is 20.8 Å². The fourth-order valence-electron chi connectivity index (χ4n) is 2.74. The van der Waals surface area contributed by atoms with E-state index in [2.05, 4.69) is 47.4 Å². The number of carbonyl (C=O) groups excluding carboxylic acids is 1. The van der Waals surface area contributed by atoms with Gasteiger partial charge in [-0.15, -0.1) is 11.3 Å². The topological polar surface area (TPSA) is 64.2 Å². The molecule has 1 N–H and O–H groups in total. The van der Waals surface area contributed by atoms with E-state index in [4.69, 9.17) is 0 Å². The van der Waals surface area contributed by atoms with Crippen molar-refractivity contribution < 1.29 is 4.79 Å². The summed E-state index contributed by atoms with van der Waals surface area (Å²) < 4.78 is 4.01. The molecule has 3 heterocycles. The number of fused-ring (bicyclic) bond motifs is 1. The van der Waals surface area contributed by atoms with Crippen molar-refractivity contribution in [3.63, 3.8) is 0 Å². The minimum Gasteiger partial charge on any atom is -0.349 e. The van der Waals surface area contributed by atoms with Crippen LogP contribution in [0.25, 0.3) is 4.96 Å². The zero-order valence-electron chi connectivity index (χ0n) is 14.7. The van der Waals surface area contributed by atoms with Crippen molar-refractivity contribution in [1.82, 2.24) is 24.3 Å². The predicted molar refractivity (Wildman–Crippen MR) is 95.4 cm³/mol. The van der Waals surface area contributed by atoms with E-state index in [9.17, 15) is 4.79 Å². The van der Waals surface area contributed by atoms with Gasteiger partial charge in [-0.1, -0.05) is 13.8 Å². The van der Waals surface area contributed by atoms with Gasteiger partial charge in [-0.3, -0.25) is 9.20 Å². The molecular weight excluding hydrogens is 322 g/mol. The molecule has 0 aliphatic carbocycles. The highest BCUT2D eigenvalue weighted by Crippen LogP contribution is 2.22. The second kappa shape index (κ2) is 6.39. The van der Waals surface area contributed by atoms with E-state index in [0.29, 0.717) is 6.54 Å². The van der Waals surface area contributed by atoms with Crippen LogP contribution in [0.1, 0.15) is 54.8 Å². The van der Waals surface area contributed by atoms with E-state index < -0.39 is 0 Å². The summed E-state index contributed by atoms with van der Waals surface area (Å²) in [5.41, 5.74) is 2.08. The number of aryl methyl sites for hydroxylation is 2. The van der Waals surface area contributed by atoms with Gasteiger partial charge in [0.2, 0.25) is 5.91 Å². The van der Waals surface area contributed by atoms with Crippen LogP contribution < -0.4 is 5.32 Å². The first kappa shape index (κ1) is 16.7. The summed E-state index contributed by atoms with van der Waals surface area (Å²) >= 11 is 1.67. The third kappa shape index (κ3) is 2.96. The smallest absolute Gasteiger partial charge is 0.243 e. The Kier molecular flexibility index (Phi) is 4.45. The fourth-order valence-corrected chi connectivity index (χ4v) is 3.71. The van der Waals surface area contributed by atoms with E-state index >= 15 is 0 Å². The lowest BCUT2D eigenvalue weighted by atomic mass is 10.2. The van der Waals surface area contributed by atoms with Gasteiger partial charge in [0.25, 0.3) is 0 Å². The molecule has 6 nitrogen and oxygen atoms in total. The number of imidazole rings is 2. The molecule has 0 aromatic carbocycles. The maximum atomic E-state index is 12.5. The molecule has 0 unspecified atom stereocenters. The van der Waals surface area contributed by atoms with Crippen molar-refractivity contribution in [3.8, 4) is 0 Å². The lowest BCUT2D eigenvalue weighted by Gasteiger charge is -2.17. The second-order valence-corrected chi connectivity index (χ2v) is 7.55. The highest BCUT2D eigenvalue weighted by molar-refractivity contribution is 7.17. The van der Waals surface area contributed by atoms with Crippen LogP contribution in [0, 0.1) is 13.8 Å². The molecule has 24 heavy (non-hydrogen) atoms. The number of nitrogens with zero attached hydrogens (tertiary/aromatic N) is 4. The highest BCUT2D eigenvalue weighted by atomic mass is 32.1. The molecule has 3 aromatic heterocycles. The Morgan fingerprint density at radius 3 is 2.75 bits per heavy atom. The Morgan fingerprint density at radius 1 is 1.33 bits per heavy atom. The van der Waals surface area contributed by atoms with E-state index in [1.165, 1.54) is 10.6 Å². The molecule has 128 valence electrons. The molecule has 3 rings (SSSR count). The monoisotopic (exact) mass is 345 g/mol. The molecular formula is C17H23N5OS. The summed E-state index contributed by atoms with van der Waals surface area (Å²) in [7, 11) is 0. The molecule has 0 saturated heterocycles. The van der Waals surface area contributed by atoms with Crippen molar-refractivity contribution in [2.45, 2.75) is 53.1 Å². The van der Waals surface area contributed by atoms with Crippen molar-refractivity contribution in [1.29, 1.82) is 0 Å². The van der Waals surface area contributed by atoms with E-state index in [1.54, 1.807) is 17.5 Å². The zero-order valence-corrected chi connectivity index (χ0v) is 15.5. The average Bonchev–Trinajstić information content (AvgIpc) is 3.22. The van der Waals surface area contributed by atoms with E-state index in [1.807, 2.05) is 23.9 Å². The minimum atomic E-state index is -0.294. The number of amides is 1. The summed E-state index contributed by atoms with van der Waals surface area (Å²) in [5, 5.41) is 2.98. The Balaban J connectivity index is 1.68. The first-order valence-electron chi connectivity index (χ1n) is 8.13. The standard InChI is InChI=1S/C17H23N5OS/c1-10(2)15-18-6-7-21(15)12(4)16(23)19-8-14-9-22-11(3)13(5)24-17(22)20-14/h6-7,9-10,12H,8H2,1-5H3,(H,19,23)/t12-/m1/s1. The van der Waals surface area contributed by atoms with Crippen LogP contribution in [0.2, 0.25) is 0 Å². The molecule has 0 radical (unpaired) electrons. The number of nitrogens with one attached hydrogen (secondary N) is 1. The summed E-state index contributed by atoms with van der Waals surface area (Å²) in [4.78, 5) is 23.6. The predicted octanol–water partition coefficient (Wildman–Crippen LogP) is 3.21. The molecule has 0 bridgehead atoms. The molecule has 0 spiro atoms. The maximum Gasteiger partial charge on any atom is 0.243 e. The first-order valence-corrected chi connectivity index (χ1v) is 8.94. The molecule has 0 fully saturated rings. The molecule has 7 heteroatoms. The van der Waals surface area contributed by atoms with Crippen LogP contribution in [0.3, 0.4) is 0 Å². The number of rotatable bonds is 5. The Labute approximate surface area is 145 Å². The highest BCUT2D eigenvalue weighted by Gasteiger charge is 2.19. The fraction of sp³-hybridized carbons (Fsp3) is 0.471. The van der Waals surface area contributed by atoms with Gasteiger partial charge in [0.15, 0.2) is 4.96 Å². The Hall–Kier alpha value is -2.15. The third-order valence-corrected chi connectivity index (χ3v) is 5.37. The summed E-state index contributed by atoms with van der Waals surface area (Å²) in [6.07, 6.45) is 5.60. The number of carbonyl (C=O) groups is 1. The van der Waals surface area contributed by atoms with Gasteiger partial charge in [0.1, 0.15) is 11.9 Å². The largest absolute Gasteiger partial charge is 0.349 e. The van der Waals surface area contributed by atoms with Crippen molar-refractivity contribution in [2.24, 2.45) is 0 Å². The normalized spacial score (nSPS) is 12.9. The Morgan fingerprint density at radius 2 is 2.08 bits per heavy atom. The summed E-state index contributed by atoms with van der Waals surface area (Å²) in [5.74, 6) is 1.17. The van der Waals surface area contributed by atoms with Crippen molar-refractivity contribution in [3.05, 3.63) is 40.7 Å². The van der Waals surface area contributed by atoms with Crippen LogP contribution in [-0.2, 0) is 11.3 Å². The number of thiazole rings is 1. The first-order chi connectivity index (χ1) is 11.4. The lowest BCUT2D eigenvalue weighted by Crippen LogP contribution is -2.31. The third-order valence-electron chi connectivity index (χ3n) is 4.29. The van der Waals surface area contributed by atoms with Gasteiger partial charge in [0, 0.05) is 35.1 Å². The molecule has 0 aliphatic rings. The minimum absolute atomic E-state index is 0.0286. The van der Waals surface area contributed by atoms with Crippen LogP contribution in [0.15, 0.2) is 18.6 Å². The van der Waals surface area contributed by atoms with Gasteiger partial charge in [0.05, 0.1) is 12.2 Å².